The highest BCUT2D eigenvalue weighted by molar-refractivity contribution is 5.88. The largest absolute Gasteiger partial charge is 0.478 e. The van der Waals surface area contributed by atoms with Crippen molar-refractivity contribution < 1.29 is 14.7 Å². The average Bonchev–Trinajstić information content (AvgIpc) is 2.39. The topological polar surface area (TPSA) is 57.6 Å². The predicted molar refractivity (Wildman–Crippen MR) is 72.8 cm³/mol. The maximum atomic E-state index is 11.8. The summed E-state index contributed by atoms with van der Waals surface area (Å²) in [6.45, 7) is 1.90. The van der Waals surface area contributed by atoms with Crippen LogP contribution in [0.3, 0.4) is 0 Å². The molecule has 0 bridgehead atoms. The van der Waals surface area contributed by atoms with Crippen LogP contribution in [0.25, 0.3) is 0 Å². The summed E-state index contributed by atoms with van der Waals surface area (Å²) in [6.07, 6.45) is 0.628. The van der Waals surface area contributed by atoms with Crippen molar-refractivity contribution >= 4 is 11.9 Å². The number of hydrogen-bond acceptors (Lipinski definition) is 2. The van der Waals surface area contributed by atoms with Gasteiger partial charge in [-0.1, -0.05) is 24.8 Å². The third-order valence-electron chi connectivity index (χ3n) is 2.65. The predicted octanol–water partition coefficient (Wildman–Crippen LogP) is 1.85. The molecule has 0 aliphatic carbocycles. The Morgan fingerprint density at radius 2 is 2.05 bits per heavy atom. The molecule has 0 radical (unpaired) electrons. The van der Waals surface area contributed by atoms with E-state index in [-0.39, 0.29) is 17.4 Å². The van der Waals surface area contributed by atoms with Gasteiger partial charge in [-0.25, -0.2) is 4.79 Å². The van der Waals surface area contributed by atoms with E-state index in [9.17, 15) is 9.59 Å². The highest BCUT2D eigenvalue weighted by atomic mass is 16.4. The Hall–Kier alpha value is -2.28. The minimum Gasteiger partial charge on any atom is -0.478 e. The Morgan fingerprint density at radius 1 is 1.37 bits per heavy atom. The highest BCUT2D eigenvalue weighted by Crippen LogP contribution is 2.07. The quantitative estimate of drug-likeness (QED) is 0.843. The summed E-state index contributed by atoms with van der Waals surface area (Å²) in [6, 6.07) is 6.38. The molecular formula is C15H17NO3. The van der Waals surface area contributed by atoms with E-state index in [0.717, 1.165) is 0 Å². The molecule has 0 aromatic heterocycles. The van der Waals surface area contributed by atoms with Gasteiger partial charge in [0.05, 0.1) is 11.5 Å². The number of nitrogens with zero attached hydrogens (tertiary/aromatic N) is 1. The fourth-order valence-electron chi connectivity index (χ4n) is 1.55. The Labute approximate surface area is 113 Å². The van der Waals surface area contributed by atoms with Crippen molar-refractivity contribution in [2.24, 2.45) is 5.92 Å². The van der Waals surface area contributed by atoms with E-state index in [1.165, 1.54) is 17.0 Å². The van der Waals surface area contributed by atoms with E-state index in [4.69, 9.17) is 5.11 Å². The molecule has 0 aliphatic heterocycles. The summed E-state index contributed by atoms with van der Waals surface area (Å²) in [5, 5.41) is 8.88. The third kappa shape index (κ3) is 4.14. The lowest BCUT2D eigenvalue weighted by molar-refractivity contribution is -0.131. The van der Waals surface area contributed by atoms with Gasteiger partial charge in [0.2, 0.25) is 5.91 Å². The molecule has 0 fully saturated rings. The minimum absolute atomic E-state index is 0.0376. The Morgan fingerprint density at radius 3 is 2.58 bits per heavy atom. The highest BCUT2D eigenvalue weighted by Gasteiger charge is 2.15. The van der Waals surface area contributed by atoms with Crippen molar-refractivity contribution in [3.8, 4) is 11.8 Å². The number of benzene rings is 1. The van der Waals surface area contributed by atoms with E-state index in [1.54, 1.807) is 26.2 Å². The Balaban J connectivity index is 2.95. The third-order valence-corrected chi connectivity index (χ3v) is 2.65. The number of carboxylic acid groups (broad SMARTS) is 1. The Kier molecular flexibility index (Phi) is 5.13. The van der Waals surface area contributed by atoms with Crippen LogP contribution in [0.2, 0.25) is 0 Å². The second-order valence-electron chi connectivity index (χ2n) is 4.35. The van der Waals surface area contributed by atoms with E-state index in [2.05, 4.69) is 11.8 Å². The van der Waals surface area contributed by atoms with Crippen LogP contribution in [0.1, 0.15) is 29.3 Å². The van der Waals surface area contributed by atoms with Crippen molar-refractivity contribution in [3.63, 3.8) is 0 Å². The molecule has 0 saturated heterocycles. The molecule has 1 atom stereocenters. The van der Waals surface area contributed by atoms with Crippen LogP contribution in [0, 0.1) is 17.8 Å². The van der Waals surface area contributed by atoms with Gasteiger partial charge >= 0.3 is 5.97 Å². The van der Waals surface area contributed by atoms with Crippen molar-refractivity contribution in [2.75, 3.05) is 14.1 Å². The number of hydrogen-bond donors (Lipinski definition) is 1. The molecule has 1 aromatic carbocycles. The van der Waals surface area contributed by atoms with Gasteiger partial charge in [-0.3, -0.25) is 4.79 Å². The second kappa shape index (κ2) is 6.60. The Bertz CT molecular complexity index is 538. The summed E-state index contributed by atoms with van der Waals surface area (Å²) in [7, 11) is 3.38. The number of aromatic carboxylic acids is 1. The van der Waals surface area contributed by atoms with Gasteiger partial charge < -0.3 is 10.0 Å². The van der Waals surface area contributed by atoms with E-state index in [0.29, 0.717) is 12.0 Å². The van der Waals surface area contributed by atoms with E-state index < -0.39 is 5.97 Å². The van der Waals surface area contributed by atoms with E-state index in [1.807, 2.05) is 6.92 Å². The first-order valence-corrected chi connectivity index (χ1v) is 6.01. The first-order chi connectivity index (χ1) is 8.95. The molecule has 1 unspecified atom stereocenters. The lowest BCUT2D eigenvalue weighted by atomic mass is 10.0. The first-order valence-electron chi connectivity index (χ1n) is 6.01. The van der Waals surface area contributed by atoms with Crippen LogP contribution in [-0.2, 0) is 4.79 Å². The van der Waals surface area contributed by atoms with Gasteiger partial charge in [0, 0.05) is 19.7 Å². The van der Waals surface area contributed by atoms with Crippen LogP contribution in [0.5, 0.6) is 0 Å². The molecule has 1 aromatic rings. The van der Waals surface area contributed by atoms with Crippen molar-refractivity contribution in [1.82, 2.24) is 4.90 Å². The molecule has 1 amide bonds. The zero-order valence-corrected chi connectivity index (χ0v) is 11.3. The monoisotopic (exact) mass is 259 g/mol. The van der Waals surface area contributed by atoms with Gasteiger partial charge in [0.25, 0.3) is 0 Å². The summed E-state index contributed by atoms with van der Waals surface area (Å²) in [4.78, 5) is 24.1. The molecular weight excluding hydrogens is 242 g/mol. The number of carbonyl (C=O) groups is 2. The molecule has 19 heavy (non-hydrogen) atoms. The molecule has 100 valence electrons. The van der Waals surface area contributed by atoms with Crippen molar-refractivity contribution in [1.29, 1.82) is 0 Å². The molecule has 0 aliphatic rings. The van der Waals surface area contributed by atoms with Gasteiger partial charge in [-0.2, -0.15) is 0 Å². The van der Waals surface area contributed by atoms with E-state index >= 15 is 0 Å². The second-order valence-corrected chi connectivity index (χ2v) is 4.35. The fourth-order valence-corrected chi connectivity index (χ4v) is 1.55. The molecule has 0 saturated carbocycles. The minimum atomic E-state index is -0.986. The van der Waals surface area contributed by atoms with Gasteiger partial charge in [0.15, 0.2) is 0 Å². The van der Waals surface area contributed by atoms with Crippen molar-refractivity contribution in [3.05, 3.63) is 35.4 Å². The maximum absolute atomic E-state index is 11.8. The van der Waals surface area contributed by atoms with Crippen LogP contribution in [-0.4, -0.2) is 36.0 Å². The molecule has 0 spiro atoms. The summed E-state index contributed by atoms with van der Waals surface area (Å²) in [5.41, 5.74) is 0.795. The summed E-state index contributed by atoms with van der Waals surface area (Å²) in [5.74, 6) is 4.38. The number of rotatable bonds is 3. The van der Waals surface area contributed by atoms with Gasteiger partial charge in [0.1, 0.15) is 0 Å². The zero-order valence-electron chi connectivity index (χ0n) is 11.3. The summed E-state index contributed by atoms with van der Waals surface area (Å²) >= 11 is 0. The molecule has 0 heterocycles. The molecule has 4 heteroatoms. The normalized spacial score (nSPS) is 11.1. The first kappa shape index (κ1) is 14.8. The number of carbonyl (C=O) groups excluding carboxylic acids is 1. The van der Waals surface area contributed by atoms with Crippen LogP contribution in [0.15, 0.2) is 24.3 Å². The number of carboxylic acids is 1. The fraction of sp³-hybridized carbons (Fsp3) is 0.333. The lowest BCUT2D eigenvalue weighted by Crippen LogP contribution is -2.28. The number of amides is 1. The lowest BCUT2D eigenvalue weighted by Gasteiger charge is -2.14. The van der Waals surface area contributed by atoms with Crippen LogP contribution < -0.4 is 0 Å². The van der Waals surface area contributed by atoms with Gasteiger partial charge in [-0.15, -0.1) is 0 Å². The van der Waals surface area contributed by atoms with Crippen LogP contribution in [0.4, 0.5) is 0 Å². The molecule has 1 N–H and O–H groups in total. The standard InChI is InChI=1S/C15H17NO3/c1-4-12(14(17)16(2)3)9-8-11-6-5-7-13(10-11)15(18)19/h5-7,10,12H,4H2,1-3H3,(H,18,19). The zero-order chi connectivity index (χ0) is 14.4. The van der Waals surface area contributed by atoms with Crippen molar-refractivity contribution in [2.45, 2.75) is 13.3 Å². The maximum Gasteiger partial charge on any atom is 0.335 e. The molecule has 1 rings (SSSR count). The smallest absolute Gasteiger partial charge is 0.335 e. The van der Waals surface area contributed by atoms with Crippen LogP contribution >= 0.6 is 0 Å². The average molecular weight is 259 g/mol. The molecule has 4 nitrogen and oxygen atoms in total. The SMILES string of the molecule is CCC(C#Cc1cccc(C(=O)O)c1)C(=O)N(C)C. The summed E-state index contributed by atoms with van der Waals surface area (Å²) < 4.78 is 0. The van der Waals surface area contributed by atoms with Gasteiger partial charge in [-0.05, 0) is 24.6 Å².